The number of Topliss-reactive ketones (excluding diaryl/α,β-unsaturated/α-hetero) is 1. The van der Waals surface area contributed by atoms with Crippen molar-refractivity contribution in [2.24, 2.45) is 23.2 Å². The normalized spacial score (nSPS) is 48.4. The molecule has 0 N–H and O–H groups in total. The molecule has 0 aromatic heterocycles. The highest BCUT2D eigenvalue weighted by Crippen LogP contribution is 2.60. The second-order valence-electron chi connectivity index (χ2n) is 9.15. The van der Waals surface area contributed by atoms with Crippen molar-refractivity contribution in [3.05, 3.63) is 0 Å². The lowest BCUT2D eigenvalue weighted by Gasteiger charge is -2.61. The molecule has 4 nitrogen and oxygen atoms in total. The number of methoxy groups -OCH3 is 1. The quantitative estimate of drug-likeness (QED) is 0.692. The molecule has 4 aliphatic rings. The van der Waals surface area contributed by atoms with Gasteiger partial charge in [0.2, 0.25) is 0 Å². The van der Waals surface area contributed by atoms with Gasteiger partial charge in [0.05, 0.1) is 13.0 Å². The average molecular weight is 333 g/mol. The molecule has 0 radical (unpaired) electrons. The van der Waals surface area contributed by atoms with Crippen molar-refractivity contribution in [3.8, 4) is 0 Å². The predicted octanol–water partition coefficient (Wildman–Crippen LogP) is 3.19. The molecule has 4 heteroatoms. The Morgan fingerprint density at radius 1 is 1.17 bits per heavy atom. The van der Waals surface area contributed by atoms with Crippen molar-refractivity contribution in [2.45, 2.75) is 76.8 Å². The van der Waals surface area contributed by atoms with E-state index < -0.39 is 0 Å². The van der Waals surface area contributed by atoms with Crippen LogP contribution in [0, 0.1) is 23.2 Å². The largest absolute Gasteiger partial charge is 0.469 e. The first kappa shape index (κ1) is 16.6. The Morgan fingerprint density at radius 3 is 2.71 bits per heavy atom. The lowest BCUT2D eigenvalue weighted by atomic mass is 9.51. The number of fused-ring (bicyclic) bond motifs is 5. The van der Waals surface area contributed by atoms with Gasteiger partial charge in [-0.2, -0.15) is 0 Å². The number of rotatable bonds is 1. The second-order valence-corrected chi connectivity index (χ2v) is 9.15. The van der Waals surface area contributed by atoms with Crippen LogP contribution in [0.25, 0.3) is 0 Å². The molecule has 4 rings (SSSR count). The zero-order valence-electron chi connectivity index (χ0n) is 15.3. The van der Waals surface area contributed by atoms with Gasteiger partial charge in [-0.25, -0.2) is 0 Å². The Labute approximate surface area is 145 Å². The van der Waals surface area contributed by atoms with Crippen LogP contribution >= 0.6 is 0 Å². The van der Waals surface area contributed by atoms with Crippen LogP contribution in [0.4, 0.5) is 0 Å². The zero-order chi connectivity index (χ0) is 17.1. The smallest absolute Gasteiger partial charge is 0.310 e. The average Bonchev–Trinajstić information content (AvgIpc) is 2.92. The third kappa shape index (κ3) is 2.14. The number of carbonyl (C=O) groups excluding carboxylic acids is 2. The van der Waals surface area contributed by atoms with Gasteiger partial charge < -0.3 is 4.74 Å². The second kappa shape index (κ2) is 5.55. The van der Waals surface area contributed by atoms with Crippen molar-refractivity contribution < 1.29 is 14.3 Å². The molecule has 0 aromatic rings. The molecule has 2 heterocycles. The van der Waals surface area contributed by atoms with Gasteiger partial charge in [0.1, 0.15) is 5.78 Å². The summed E-state index contributed by atoms with van der Waals surface area (Å²) in [5.41, 5.74) is 0.295. The Bertz CT molecular complexity index is 561. The molecule has 0 amide bonds. The Morgan fingerprint density at radius 2 is 1.96 bits per heavy atom. The minimum Gasteiger partial charge on any atom is -0.469 e. The molecule has 4 fully saturated rings. The van der Waals surface area contributed by atoms with E-state index in [0.717, 1.165) is 38.6 Å². The summed E-state index contributed by atoms with van der Waals surface area (Å²) < 4.78 is 5.10. The number of hydrogen-bond acceptors (Lipinski definition) is 4. The van der Waals surface area contributed by atoms with Gasteiger partial charge in [0, 0.05) is 24.4 Å². The number of carbonyl (C=O) groups is 2. The van der Waals surface area contributed by atoms with E-state index in [4.69, 9.17) is 4.74 Å². The van der Waals surface area contributed by atoms with Crippen molar-refractivity contribution >= 4 is 11.8 Å². The summed E-state index contributed by atoms with van der Waals surface area (Å²) in [6, 6.07) is 0.591. The number of ketones is 1. The van der Waals surface area contributed by atoms with Gasteiger partial charge in [-0.3, -0.25) is 14.5 Å². The number of nitrogens with zero attached hydrogens (tertiary/aromatic N) is 1. The van der Waals surface area contributed by atoms with Gasteiger partial charge in [-0.05, 0) is 69.2 Å². The number of ether oxygens (including phenoxy) is 1. The molecular formula is C20H31NO3. The number of hydrogen-bond donors (Lipinski definition) is 0. The molecule has 0 bridgehead atoms. The van der Waals surface area contributed by atoms with E-state index in [9.17, 15) is 9.59 Å². The molecule has 2 aliphatic heterocycles. The van der Waals surface area contributed by atoms with Crippen molar-refractivity contribution in [1.29, 1.82) is 0 Å². The third-order valence-corrected chi connectivity index (χ3v) is 8.38. The van der Waals surface area contributed by atoms with Gasteiger partial charge in [0.25, 0.3) is 0 Å². The van der Waals surface area contributed by atoms with Crippen LogP contribution in [0.1, 0.15) is 65.2 Å². The van der Waals surface area contributed by atoms with E-state index in [0.29, 0.717) is 29.1 Å². The maximum absolute atomic E-state index is 12.3. The lowest BCUT2D eigenvalue weighted by Crippen LogP contribution is -2.63. The Hall–Kier alpha value is -0.900. The first-order valence-electron chi connectivity index (χ1n) is 9.76. The molecule has 2 saturated heterocycles. The SMILES string of the molecule is COC(=O)C1CCN2[C@@H]3CC[C@H]4CC(=O)CC[C@]4(C)[C@H]3CC[C@]12C. The zero-order valence-corrected chi connectivity index (χ0v) is 15.3. The summed E-state index contributed by atoms with van der Waals surface area (Å²) in [5, 5.41) is 0. The Balaban J connectivity index is 1.61. The summed E-state index contributed by atoms with van der Waals surface area (Å²) in [5.74, 6) is 1.75. The van der Waals surface area contributed by atoms with Crippen LogP contribution in [-0.4, -0.2) is 41.9 Å². The van der Waals surface area contributed by atoms with E-state index in [1.165, 1.54) is 26.4 Å². The van der Waals surface area contributed by atoms with E-state index in [2.05, 4.69) is 18.7 Å². The molecular weight excluding hydrogens is 302 g/mol. The molecule has 24 heavy (non-hydrogen) atoms. The first-order valence-corrected chi connectivity index (χ1v) is 9.76. The summed E-state index contributed by atoms with van der Waals surface area (Å²) >= 11 is 0. The van der Waals surface area contributed by atoms with Gasteiger partial charge in [-0.1, -0.05) is 6.92 Å². The third-order valence-electron chi connectivity index (χ3n) is 8.38. The first-order chi connectivity index (χ1) is 11.4. The van der Waals surface area contributed by atoms with Crippen LogP contribution in [0.3, 0.4) is 0 Å². The number of piperidine rings is 1. The Kier molecular flexibility index (Phi) is 3.83. The topological polar surface area (TPSA) is 46.6 Å². The van der Waals surface area contributed by atoms with Crippen molar-refractivity contribution in [2.75, 3.05) is 13.7 Å². The molecule has 1 unspecified atom stereocenters. The predicted molar refractivity (Wildman–Crippen MR) is 91.4 cm³/mol. The highest BCUT2D eigenvalue weighted by molar-refractivity contribution is 5.79. The van der Waals surface area contributed by atoms with Gasteiger partial charge in [0.15, 0.2) is 0 Å². The molecule has 134 valence electrons. The summed E-state index contributed by atoms with van der Waals surface area (Å²) in [6.45, 7) is 5.77. The van der Waals surface area contributed by atoms with E-state index >= 15 is 0 Å². The van der Waals surface area contributed by atoms with Crippen LogP contribution in [0.15, 0.2) is 0 Å². The minimum absolute atomic E-state index is 0.0259. The fourth-order valence-electron chi connectivity index (χ4n) is 6.91. The van der Waals surface area contributed by atoms with Gasteiger partial charge >= 0.3 is 5.97 Å². The van der Waals surface area contributed by atoms with Crippen LogP contribution in [-0.2, 0) is 14.3 Å². The van der Waals surface area contributed by atoms with E-state index in [-0.39, 0.29) is 17.4 Å². The highest BCUT2D eigenvalue weighted by atomic mass is 16.5. The van der Waals surface area contributed by atoms with Gasteiger partial charge in [-0.15, -0.1) is 0 Å². The fourth-order valence-corrected chi connectivity index (χ4v) is 6.91. The van der Waals surface area contributed by atoms with E-state index in [1.54, 1.807) is 0 Å². The van der Waals surface area contributed by atoms with Crippen molar-refractivity contribution in [1.82, 2.24) is 4.90 Å². The van der Waals surface area contributed by atoms with Crippen LogP contribution in [0.2, 0.25) is 0 Å². The summed E-state index contributed by atoms with van der Waals surface area (Å²) in [6.07, 6.45) is 8.25. The van der Waals surface area contributed by atoms with Crippen LogP contribution in [0.5, 0.6) is 0 Å². The molecule has 2 saturated carbocycles. The van der Waals surface area contributed by atoms with Crippen molar-refractivity contribution in [3.63, 3.8) is 0 Å². The molecule has 0 spiro atoms. The molecule has 6 atom stereocenters. The lowest BCUT2D eigenvalue weighted by molar-refractivity contribution is -0.156. The fraction of sp³-hybridized carbons (Fsp3) is 0.900. The molecule has 2 aliphatic carbocycles. The minimum atomic E-state index is -0.0263. The maximum atomic E-state index is 12.3. The maximum Gasteiger partial charge on any atom is 0.310 e. The monoisotopic (exact) mass is 333 g/mol. The summed E-state index contributed by atoms with van der Waals surface area (Å²) in [4.78, 5) is 26.9. The highest BCUT2D eigenvalue weighted by Gasteiger charge is 2.60. The van der Waals surface area contributed by atoms with Crippen LogP contribution < -0.4 is 0 Å². The number of esters is 1. The summed E-state index contributed by atoms with van der Waals surface area (Å²) in [7, 11) is 1.52. The standard InChI is InChI=1S/C20H31NO3/c1-19-9-6-14(22)12-13(19)4-5-17-15(19)7-10-20(2)16(18(23)24-3)8-11-21(17)20/h13,15-17H,4-12H2,1-3H3/t13-,15-,16?,17+,19-,20+/m0/s1. The molecule has 0 aromatic carbocycles. The van der Waals surface area contributed by atoms with E-state index in [1.807, 2.05) is 0 Å².